The number of hydrogen-bond acceptors (Lipinski definition) is 2. The number of rotatable bonds is 3. The number of benzene rings is 1. The highest BCUT2D eigenvalue weighted by atomic mass is 16.6. The minimum atomic E-state index is -0.469. The number of carbonyl (C=O) groups is 1. The third-order valence-corrected chi connectivity index (χ3v) is 1.65. The third kappa shape index (κ3) is 3.31. The average Bonchev–Trinajstić information content (AvgIpc) is 2.19. The van der Waals surface area contributed by atoms with Crippen LogP contribution in [0, 0.1) is 0 Å². The summed E-state index contributed by atoms with van der Waals surface area (Å²) in [5.41, 5.74) is 0. The predicted molar refractivity (Wildman–Crippen MR) is 55.3 cm³/mol. The molecular weight excluding hydrogens is 178 g/mol. The molecule has 0 spiro atoms. The van der Waals surface area contributed by atoms with Crippen LogP contribution in [0.2, 0.25) is 0 Å². The van der Waals surface area contributed by atoms with Crippen molar-refractivity contribution in [3.8, 4) is 5.75 Å². The number of carbonyl (C=O) groups excluding carboxylic acids is 1. The van der Waals surface area contributed by atoms with Crippen molar-refractivity contribution in [2.75, 3.05) is 0 Å². The van der Waals surface area contributed by atoms with Crippen LogP contribution in [0.5, 0.6) is 5.75 Å². The molecule has 0 radical (unpaired) electrons. The first kappa shape index (κ1) is 10.3. The standard InChI is InChI=1S/C11H13NO2/c1-3-9(2)12-11(13)14-10-7-5-4-6-8-10/h3-9H,1H2,2H3,(H,12,13). The van der Waals surface area contributed by atoms with Gasteiger partial charge in [-0.05, 0) is 19.1 Å². The van der Waals surface area contributed by atoms with Crippen LogP contribution in [0.15, 0.2) is 43.0 Å². The highest BCUT2D eigenvalue weighted by Gasteiger charge is 2.05. The van der Waals surface area contributed by atoms with Crippen molar-refractivity contribution in [3.63, 3.8) is 0 Å². The lowest BCUT2D eigenvalue weighted by Crippen LogP contribution is -2.33. The Balaban J connectivity index is 2.46. The molecule has 0 aromatic heterocycles. The molecule has 0 fully saturated rings. The van der Waals surface area contributed by atoms with E-state index in [0.29, 0.717) is 5.75 Å². The smallest absolute Gasteiger partial charge is 0.410 e. The van der Waals surface area contributed by atoms with Gasteiger partial charge in [-0.1, -0.05) is 24.3 Å². The maximum absolute atomic E-state index is 11.2. The molecular formula is C11H13NO2. The molecule has 0 saturated carbocycles. The van der Waals surface area contributed by atoms with Crippen molar-refractivity contribution in [2.24, 2.45) is 0 Å². The molecule has 1 aromatic rings. The van der Waals surface area contributed by atoms with E-state index in [1.54, 1.807) is 30.3 Å². The minimum absolute atomic E-state index is 0.0915. The van der Waals surface area contributed by atoms with Crippen LogP contribution < -0.4 is 10.1 Å². The Labute approximate surface area is 83.4 Å². The molecule has 0 aliphatic rings. The van der Waals surface area contributed by atoms with Crippen molar-refractivity contribution in [1.29, 1.82) is 0 Å². The van der Waals surface area contributed by atoms with E-state index in [4.69, 9.17) is 4.74 Å². The van der Waals surface area contributed by atoms with Crippen LogP contribution in [-0.2, 0) is 0 Å². The predicted octanol–water partition coefficient (Wildman–Crippen LogP) is 2.35. The Kier molecular flexibility index (Phi) is 3.73. The normalized spacial score (nSPS) is 11.5. The molecule has 74 valence electrons. The van der Waals surface area contributed by atoms with E-state index < -0.39 is 6.09 Å². The van der Waals surface area contributed by atoms with Gasteiger partial charge in [0.25, 0.3) is 0 Å². The SMILES string of the molecule is C=CC(C)NC(=O)Oc1ccccc1. The molecule has 1 unspecified atom stereocenters. The zero-order valence-corrected chi connectivity index (χ0v) is 8.07. The molecule has 0 aliphatic carbocycles. The Morgan fingerprint density at radius 3 is 2.71 bits per heavy atom. The zero-order chi connectivity index (χ0) is 10.4. The number of ether oxygens (including phenoxy) is 1. The topological polar surface area (TPSA) is 38.3 Å². The van der Waals surface area contributed by atoms with Gasteiger partial charge < -0.3 is 10.1 Å². The summed E-state index contributed by atoms with van der Waals surface area (Å²) in [6.45, 7) is 5.37. The lowest BCUT2D eigenvalue weighted by atomic mass is 10.3. The molecule has 14 heavy (non-hydrogen) atoms. The van der Waals surface area contributed by atoms with Gasteiger partial charge >= 0.3 is 6.09 Å². The summed E-state index contributed by atoms with van der Waals surface area (Å²) in [5, 5.41) is 2.60. The van der Waals surface area contributed by atoms with Gasteiger partial charge in [-0.2, -0.15) is 0 Å². The van der Waals surface area contributed by atoms with Gasteiger partial charge in [0.1, 0.15) is 5.75 Å². The molecule has 3 nitrogen and oxygen atoms in total. The third-order valence-electron chi connectivity index (χ3n) is 1.65. The van der Waals surface area contributed by atoms with Crippen molar-refractivity contribution in [1.82, 2.24) is 5.32 Å². The van der Waals surface area contributed by atoms with Gasteiger partial charge in [-0.3, -0.25) is 0 Å². The number of hydrogen-bond donors (Lipinski definition) is 1. The first-order valence-corrected chi connectivity index (χ1v) is 4.38. The second-order valence-corrected chi connectivity index (χ2v) is 2.87. The van der Waals surface area contributed by atoms with Gasteiger partial charge in [0.05, 0.1) is 0 Å². The zero-order valence-electron chi connectivity index (χ0n) is 8.07. The van der Waals surface area contributed by atoms with Gasteiger partial charge in [-0.25, -0.2) is 4.79 Å². The first-order valence-electron chi connectivity index (χ1n) is 4.38. The maximum atomic E-state index is 11.2. The fourth-order valence-corrected chi connectivity index (χ4v) is 0.870. The second-order valence-electron chi connectivity index (χ2n) is 2.87. The largest absolute Gasteiger partial charge is 0.413 e. The van der Waals surface area contributed by atoms with E-state index in [0.717, 1.165) is 0 Å². The molecule has 3 heteroatoms. The van der Waals surface area contributed by atoms with E-state index in [1.807, 2.05) is 13.0 Å². The highest BCUT2D eigenvalue weighted by molar-refractivity contribution is 5.70. The van der Waals surface area contributed by atoms with Crippen LogP contribution >= 0.6 is 0 Å². The van der Waals surface area contributed by atoms with Gasteiger partial charge in [0.2, 0.25) is 0 Å². The van der Waals surface area contributed by atoms with E-state index in [-0.39, 0.29) is 6.04 Å². The summed E-state index contributed by atoms with van der Waals surface area (Å²) < 4.78 is 4.99. The molecule has 1 N–H and O–H groups in total. The Morgan fingerprint density at radius 2 is 2.14 bits per heavy atom. The average molecular weight is 191 g/mol. The summed E-state index contributed by atoms with van der Waals surface area (Å²) in [6, 6.07) is 8.82. The lowest BCUT2D eigenvalue weighted by molar-refractivity contribution is 0.199. The summed E-state index contributed by atoms with van der Waals surface area (Å²) in [4.78, 5) is 11.2. The van der Waals surface area contributed by atoms with Crippen molar-refractivity contribution in [2.45, 2.75) is 13.0 Å². The molecule has 1 amide bonds. The lowest BCUT2D eigenvalue weighted by Gasteiger charge is -2.09. The van der Waals surface area contributed by atoms with Crippen LogP contribution in [0.1, 0.15) is 6.92 Å². The minimum Gasteiger partial charge on any atom is -0.410 e. The van der Waals surface area contributed by atoms with E-state index >= 15 is 0 Å². The second kappa shape index (κ2) is 5.07. The molecule has 0 aliphatic heterocycles. The summed E-state index contributed by atoms with van der Waals surface area (Å²) in [6.07, 6.45) is 1.16. The van der Waals surface area contributed by atoms with Crippen molar-refractivity contribution < 1.29 is 9.53 Å². The summed E-state index contributed by atoms with van der Waals surface area (Å²) in [7, 11) is 0. The molecule has 1 aromatic carbocycles. The van der Waals surface area contributed by atoms with Gasteiger partial charge in [0, 0.05) is 6.04 Å². The van der Waals surface area contributed by atoms with Crippen LogP contribution in [-0.4, -0.2) is 12.1 Å². The molecule has 0 bridgehead atoms. The van der Waals surface area contributed by atoms with Gasteiger partial charge in [0.15, 0.2) is 0 Å². The molecule has 0 heterocycles. The Morgan fingerprint density at radius 1 is 1.50 bits per heavy atom. The summed E-state index contributed by atoms with van der Waals surface area (Å²) in [5.74, 6) is 0.529. The van der Waals surface area contributed by atoms with Crippen LogP contribution in [0.4, 0.5) is 4.79 Å². The van der Waals surface area contributed by atoms with Crippen LogP contribution in [0.3, 0.4) is 0 Å². The monoisotopic (exact) mass is 191 g/mol. The van der Waals surface area contributed by atoms with E-state index in [2.05, 4.69) is 11.9 Å². The van der Waals surface area contributed by atoms with Crippen LogP contribution in [0.25, 0.3) is 0 Å². The highest BCUT2D eigenvalue weighted by Crippen LogP contribution is 2.08. The molecule has 1 atom stereocenters. The Bertz CT molecular complexity index is 308. The maximum Gasteiger partial charge on any atom is 0.413 e. The van der Waals surface area contributed by atoms with E-state index in [1.165, 1.54) is 0 Å². The van der Waals surface area contributed by atoms with Gasteiger partial charge in [-0.15, -0.1) is 6.58 Å². The van der Waals surface area contributed by atoms with Crippen molar-refractivity contribution in [3.05, 3.63) is 43.0 Å². The number of amides is 1. The van der Waals surface area contributed by atoms with E-state index in [9.17, 15) is 4.79 Å². The summed E-state index contributed by atoms with van der Waals surface area (Å²) >= 11 is 0. The first-order chi connectivity index (χ1) is 6.72. The quantitative estimate of drug-likeness (QED) is 0.745. The molecule has 0 saturated heterocycles. The fraction of sp³-hybridized carbons (Fsp3) is 0.182. The Hall–Kier alpha value is -1.77. The number of nitrogens with one attached hydrogen (secondary N) is 1. The van der Waals surface area contributed by atoms with Crippen molar-refractivity contribution >= 4 is 6.09 Å². The molecule has 1 rings (SSSR count). The number of para-hydroxylation sites is 1. The fourth-order valence-electron chi connectivity index (χ4n) is 0.870.